The fourth-order valence-corrected chi connectivity index (χ4v) is 3.09. The van der Waals surface area contributed by atoms with Crippen LogP contribution in [0.2, 0.25) is 0 Å². The van der Waals surface area contributed by atoms with Gasteiger partial charge in [-0.15, -0.1) is 0 Å². The van der Waals surface area contributed by atoms with Crippen LogP contribution in [-0.4, -0.2) is 45.3 Å². The number of carbonyl (C=O) groups excluding carboxylic acids is 1. The van der Waals surface area contributed by atoms with Crippen LogP contribution < -0.4 is 24.4 Å². The second-order valence-corrected chi connectivity index (χ2v) is 5.93. The van der Waals surface area contributed by atoms with Crippen molar-refractivity contribution in [3.05, 3.63) is 36.0 Å². The molecule has 7 nitrogen and oxygen atoms in total. The van der Waals surface area contributed by atoms with E-state index in [0.29, 0.717) is 28.6 Å². The largest absolute Gasteiger partial charge is 0.493 e. The van der Waals surface area contributed by atoms with Gasteiger partial charge >= 0.3 is 0 Å². The van der Waals surface area contributed by atoms with Crippen molar-refractivity contribution in [3.8, 4) is 17.2 Å². The zero-order valence-corrected chi connectivity index (χ0v) is 15.2. The molecule has 1 aliphatic rings. The van der Waals surface area contributed by atoms with E-state index in [1.54, 1.807) is 24.4 Å². The SMILES string of the molecule is COc1ccc(C(=O)Nc2ccc(N3CCCC3)cn2)c(OC)c1OC. The van der Waals surface area contributed by atoms with Gasteiger partial charge < -0.3 is 24.4 Å². The minimum absolute atomic E-state index is 0.318. The summed E-state index contributed by atoms with van der Waals surface area (Å²) in [5.41, 5.74) is 1.42. The molecular formula is C19H23N3O4. The zero-order valence-electron chi connectivity index (χ0n) is 15.2. The molecule has 1 fully saturated rings. The monoisotopic (exact) mass is 357 g/mol. The molecule has 26 heavy (non-hydrogen) atoms. The Kier molecular flexibility index (Phi) is 5.46. The van der Waals surface area contributed by atoms with Crippen LogP contribution >= 0.6 is 0 Å². The van der Waals surface area contributed by atoms with Crippen LogP contribution in [0.3, 0.4) is 0 Å². The second-order valence-electron chi connectivity index (χ2n) is 5.93. The van der Waals surface area contributed by atoms with E-state index < -0.39 is 0 Å². The van der Waals surface area contributed by atoms with E-state index >= 15 is 0 Å². The molecule has 0 radical (unpaired) electrons. The van der Waals surface area contributed by atoms with E-state index in [1.807, 2.05) is 6.07 Å². The van der Waals surface area contributed by atoms with Gasteiger partial charge in [-0.25, -0.2) is 4.98 Å². The van der Waals surface area contributed by atoms with Gasteiger partial charge in [0.25, 0.3) is 5.91 Å². The lowest BCUT2D eigenvalue weighted by Gasteiger charge is -2.17. The number of aromatic nitrogens is 1. The molecule has 0 unspecified atom stereocenters. The van der Waals surface area contributed by atoms with E-state index in [1.165, 1.54) is 34.2 Å². The summed E-state index contributed by atoms with van der Waals surface area (Å²) >= 11 is 0. The lowest BCUT2D eigenvalue weighted by atomic mass is 10.1. The smallest absolute Gasteiger partial charge is 0.260 e. The standard InChI is InChI=1S/C19H23N3O4/c1-24-15-8-7-14(17(25-2)18(15)26-3)19(23)21-16-9-6-13(12-20-16)22-10-4-5-11-22/h6-9,12H,4-5,10-11H2,1-3H3,(H,20,21,23). The van der Waals surface area contributed by atoms with E-state index in [2.05, 4.69) is 15.2 Å². The first kappa shape index (κ1) is 17.8. The number of nitrogens with zero attached hydrogens (tertiary/aromatic N) is 2. The summed E-state index contributed by atoms with van der Waals surface area (Å²) in [5, 5.41) is 2.79. The van der Waals surface area contributed by atoms with Gasteiger partial charge in [-0.1, -0.05) is 0 Å². The summed E-state index contributed by atoms with van der Waals surface area (Å²) < 4.78 is 15.9. The Labute approximate surface area is 152 Å². The lowest BCUT2D eigenvalue weighted by Crippen LogP contribution is -2.18. The molecule has 1 aromatic carbocycles. The topological polar surface area (TPSA) is 72.9 Å². The molecule has 0 aliphatic carbocycles. The first-order valence-corrected chi connectivity index (χ1v) is 8.49. The number of hydrogen-bond donors (Lipinski definition) is 1. The predicted molar refractivity (Wildman–Crippen MR) is 99.7 cm³/mol. The Bertz CT molecular complexity index is 771. The molecule has 3 rings (SSSR count). The Morgan fingerprint density at radius 3 is 2.31 bits per heavy atom. The number of nitrogens with one attached hydrogen (secondary N) is 1. The number of ether oxygens (including phenoxy) is 3. The number of rotatable bonds is 6. The molecule has 0 saturated carbocycles. The fourth-order valence-electron chi connectivity index (χ4n) is 3.09. The third kappa shape index (κ3) is 3.51. The van der Waals surface area contributed by atoms with E-state index in [-0.39, 0.29) is 5.91 Å². The summed E-state index contributed by atoms with van der Waals surface area (Å²) in [7, 11) is 4.51. The van der Waals surface area contributed by atoms with E-state index in [4.69, 9.17) is 14.2 Å². The number of pyridine rings is 1. The van der Waals surface area contributed by atoms with Gasteiger partial charge in [-0.05, 0) is 37.1 Å². The van der Waals surface area contributed by atoms with Crippen molar-refractivity contribution >= 4 is 17.4 Å². The summed E-state index contributed by atoms with van der Waals surface area (Å²) in [5.74, 6) is 1.34. The summed E-state index contributed by atoms with van der Waals surface area (Å²) in [6, 6.07) is 7.08. The maximum atomic E-state index is 12.7. The van der Waals surface area contributed by atoms with Crippen LogP contribution in [0.5, 0.6) is 17.2 Å². The molecule has 0 spiro atoms. The molecule has 0 bridgehead atoms. The highest BCUT2D eigenvalue weighted by molar-refractivity contribution is 6.06. The Morgan fingerprint density at radius 1 is 1.00 bits per heavy atom. The number of methoxy groups -OCH3 is 3. The molecule has 1 N–H and O–H groups in total. The van der Waals surface area contributed by atoms with E-state index in [9.17, 15) is 4.79 Å². The van der Waals surface area contributed by atoms with Gasteiger partial charge in [0.1, 0.15) is 5.82 Å². The third-order valence-electron chi connectivity index (χ3n) is 4.41. The summed E-state index contributed by atoms with van der Waals surface area (Å²) in [4.78, 5) is 19.3. The molecule has 2 heterocycles. The first-order chi connectivity index (χ1) is 12.7. The number of hydrogen-bond acceptors (Lipinski definition) is 6. The maximum Gasteiger partial charge on any atom is 0.260 e. The highest BCUT2D eigenvalue weighted by atomic mass is 16.5. The molecular weight excluding hydrogens is 334 g/mol. The van der Waals surface area contributed by atoms with Crippen molar-refractivity contribution in [2.45, 2.75) is 12.8 Å². The van der Waals surface area contributed by atoms with Crippen molar-refractivity contribution in [3.63, 3.8) is 0 Å². The van der Waals surface area contributed by atoms with Gasteiger partial charge in [0.05, 0.1) is 38.8 Å². The maximum absolute atomic E-state index is 12.7. The fraction of sp³-hybridized carbons (Fsp3) is 0.368. The average molecular weight is 357 g/mol. The molecule has 1 amide bonds. The van der Waals surface area contributed by atoms with Crippen LogP contribution in [0, 0.1) is 0 Å². The van der Waals surface area contributed by atoms with Crippen LogP contribution in [0.25, 0.3) is 0 Å². The number of amides is 1. The van der Waals surface area contributed by atoms with Crippen molar-refractivity contribution in [1.29, 1.82) is 0 Å². The number of anilines is 2. The summed E-state index contributed by atoms with van der Waals surface area (Å²) in [6.07, 6.45) is 4.20. The Balaban J connectivity index is 1.79. The van der Waals surface area contributed by atoms with Crippen LogP contribution in [0.1, 0.15) is 23.2 Å². The molecule has 1 saturated heterocycles. The molecule has 0 atom stereocenters. The van der Waals surface area contributed by atoms with Gasteiger partial charge in [-0.3, -0.25) is 4.79 Å². The predicted octanol–water partition coefficient (Wildman–Crippen LogP) is 2.96. The molecule has 1 aromatic heterocycles. The van der Waals surface area contributed by atoms with Crippen LogP contribution in [0.4, 0.5) is 11.5 Å². The van der Waals surface area contributed by atoms with Gasteiger partial charge in [0, 0.05) is 13.1 Å². The third-order valence-corrected chi connectivity index (χ3v) is 4.41. The Hall–Kier alpha value is -2.96. The first-order valence-electron chi connectivity index (χ1n) is 8.49. The minimum atomic E-state index is -0.329. The van der Waals surface area contributed by atoms with Crippen molar-refractivity contribution in [2.75, 3.05) is 44.6 Å². The highest BCUT2D eigenvalue weighted by Crippen LogP contribution is 2.39. The minimum Gasteiger partial charge on any atom is -0.493 e. The van der Waals surface area contributed by atoms with Crippen molar-refractivity contribution in [2.24, 2.45) is 0 Å². The van der Waals surface area contributed by atoms with Gasteiger partial charge in [0.15, 0.2) is 11.5 Å². The van der Waals surface area contributed by atoms with Crippen LogP contribution in [0.15, 0.2) is 30.5 Å². The molecule has 138 valence electrons. The molecule has 1 aliphatic heterocycles. The second kappa shape index (κ2) is 7.95. The number of carbonyl (C=O) groups is 1. The Morgan fingerprint density at radius 2 is 1.73 bits per heavy atom. The van der Waals surface area contributed by atoms with Gasteiger partial charge in [-0.2, -0.15) is 0 Å². The summed E-state index contributed by atoms with van der Waals surface area (Å²) in [6.45, 7) is 2.10. The van der Waals surface area contributed by atoms with Crippen molar-refractivity contribution < 1.29 is 19.0 Å². The number of benzene rings is 1. The normalized spacial score (nSPS) is 13.4. The average Bonchev–Trinajstić information content (AvgIpc) is 3.21. The highest BCUT2D eigenvalue weighted by Gasteiger charge is 2.21. The van der Waals surface area contributed by atoms with Crippen molar-refractivity contribution in [1.82, 2.24) is 4.98 Å². The zero-order chi connectivity index (χ0) is 18.5. The van der Waals surface area contributed by atoms with Gasteiger partial charge in [0.2, 0.25) is 5.75 Å². The molecule has 7 heteroatoms. The van der Waals surface area contributed by atoms with Crippen LogP contribution in [-0.2, 0) is 0 Å². The lowest BCUT2D eigenvalue weighted by molar-refractivity contribution is 0.102. The van der Waals surface area contributed by atoms with E-state index in [0.717, 1.165) is 18.8 Å². The quantitative estimate of drug-likeness (QED) is 0.857. The molecule has 2 aromatic rings.